The van der Waals surface area contributed by atoms with Crippen LogP contribution in [0.25, 0.3) is 5.69 Å². The highest BCUT2D eigenvalue weighted by Crippen LogP contribution is 2.56. The fourth-order valence-electron chi connectivity index (χ4n) is 3.29. The van der Waals surface area contributed by atoms with Gasteiger partial charge in [-0.1, -0.05) is 12.1 Å². The zero-order chi connectivity index (χ0) is 22.6. The Morgan fingerprint density at radius 2 is 1.90 bits per heavy atom. The minimum Gasteiger partial charge on any atom is -0.488 e. The maximum absolute atomic E-state index is 13.8. The second-order valence-electron chi connectivity index (χ2n) is 7.09. The van der Waals surface area contributed by atoms with Gasteiger partial charge in [-0.2, -0.15) is 22.5 Å². The Morgan fingerprint density at radius 1 is 1.19 bits per heavy atom. The fourth-order valence-corrected chi connectivity index (χ4v) is 3.29. The summed E-state index contributed by atoms with van der Waals surface area (Å²) in [6, 6.07) is 5.91. The molecule has 3 aromatic rings. The summed E-state index contributed by atoms with van der Waals surface area (Å²) in [6.45, 7) is -0.631. The highest BCUT2D eigenvalue weighted by molar-refractivity contribution is 5.49. The lowest BCUT2D eigenvalue weighted by atomic mass is 10.0. The molecule has 1 atom stereocenters. The van der Waals surface area contributed by atoms with Gasteiger partial charge in [-0.15, -0.1) is 0 Å². The van der Waals surface area contributed by atoms with Crippen LogP contribution in [0.2, 0.25) is 0 Å². The number of hydrogen-bond acceptors (Lipinski definition) is 4. The minimum atomic E-state index is -4.82. The number of ether oxygens (including phenoxy) is 1. The monoisotopic (exact) mass is 444 g/mol. The summed E-state index contributed by atoms with van der Waals surface area (Å²) in [5, 5.41) is 7.22. The normalized spacial score (nSPS) is 17.6. The third kappa shape index (κ3) is 3.89. The first-order valence-electron chi connectivity index (χ1n) is 8.97. The largest absolute Gasteiger partial charge is 0.488 e. The van der Waals surface area contributed by atoms with E-state index in [1.165, 1.54) is 25.2 Å². The van der Waals surface area contributed by atoms with E-state index in [9.17, 15) is 31.1 Å². The van der Waals surface area contributed by atoms with Crippen LogP contribution in [0.4, 0.5) is 26.3 Å². The van der Waals surface area contributed by atoms with Crippen LogP contribution in [-0.4, -0.2) is 25.7 Å². The van der Waals surface area contributed by atoms with Crippen molar-refractivity contribution in [3.8, 4) is 11.4 Å². The summed E-state index contributed by atoms with van der Waals surface area (Å²) in [6.07, 6.45) is -5.27. The zero-order valence-electron chi connectivity index (χ0n) is 15.8. The van der Waals surface area contributed by atoms with Crippen LogP contribution in [0.5, 0.6) is 5.75 Å². The molecule has 0 saturated heterocycles. The minimum absolute atomic E-state index is 0.0308. The number of aryl methyl sites for hydroxylation is 1. The number of alkyl halides is 5. The molecule has 6 nitrogen and oxygen atoms in total. The van der Waals surface area contributed by atoms with Crippen molar-refractivity contribution in [2.75, 3.05) is 0 Å². The molecule has 0 amide bonds. The average Bonchev–Trinajstić information content (AvgIpc) is 3.20. The van der Waals surface area contributed by atoms with E-state index in [4.69, 9.17) is 4.74 Å². The van der Waals surface area contributed by atoms with Crippen LogP contribution in [0, 0.1) is 5.82 Å². The third-order valence-electron chi connectivity index (χ3n) is 4.96. The van der Waals surface area contributed by atoms with Crippen LogP contribution in [0.1, 0.15) is 29.0 Å². The van der Waals surface area contributed by atoms with E-state index < -0.39 is 53.9 Å². The van der Waals surface area contributed by atoms with Crippen LogP contribution >= 0.6 is 0 Å². The number of aromatic nitrogens is 4. The van der Waals surface area contributed by atoms with Crippen molar-refractivity contribution in [3.63, 3.8) is 0 Å². The summed E-state index contributed by atoms with van der Waals surface area (Å²) in [4.78, 5) is 12.3. The Morgan fingerprint density at radius 3 is 2.48 bits per heavy atom. The number of hydrogen-bond donors (Lipinski definition) is 0. The molecule has 0 N–H and O–H groups in total. The van der Waals surface area contributed by atoms with Crippen molar-refractivity contribution in [1.29, 1.82) is 0 Å². The molecule has 1 aliphatic carbocycles. The molecule has 164 valence electrons. The third-order valence-corrected chi connectivity index (χ3v) is 4.96. The van der Waals surface area contributed by atoms with Gasteiger partial charge in [-0.3, -0.25) is 0 Å². The second-order valence-corrected chi connectivity index (χ2v) is 7.09. The SMILES string of the molecule is Cn1nnn(-c2cccc(C3CC3(F)F)c2COc2cc(F)ccc2C(F)(F)F)c1=O. The number of tetrazole rings is 1. The van der Waals surface area contributed by atoms with Gasteiger partial charge in [0.1, 0.15) is 18.2 Å². The van der Waals surface area contributed by atoms with Crippen molar-refractivity contribution < 1.29 is 31.1 Å². The predicted molar refractivity (Wildman–Crippen MR) is 94.6 cm³/mol. The van der Waals surface area contributed by atoms with E-state index in [2.05, 4.69) is 10.4 Å². The molecule has 1 unspecified atom stereocenters. The molecular formula is C19H14F6N4O2. The molecule has 0 bridgehead atoms. The van der Waals surface area contributed by atoms with Gasteiger partial charge in [0, 0.05) is 25.1 Å². The average molecular weight is 444 g/mol. The van der Waals surface area contributed by atoms with Gasteiger partial charge in [0.2, 0.25) is 0 Å². The maximum atomic E-state index is 13.8. The molecule has 0 radical (unpaired) electrons. The number of benzene rings is 2. The maximum Gasteiger partial charge on any atom is 0.419 e. The fraction of sp³-hybridized carbons (Fsp3) is 0.316. The van der Waals surface area contributed by atoms with Gasteiger partial charge in [0.25, 0.3) is 5.92 Å². The lowest BCUT2D eigenvalue weighted by molar-refractivity contribution is -0.139. The Bertz CT molecular complexity index is 1200. The molecule has 12 heteroatoms. The summed E-state index contributed by atoms with van der Waals surface area (Å²) < 4.78 is 87.9. The lowest BCUT2D eigenvalue weighted by Gasteiger charge is -2.17. The van der Waals surface area contributed by atoms with Crippen molar-refractivity contribution in [2.24, 2.45) is 7.05 Å². The molecule has 0 aliphatic heterocycles. The molecule has 31 heavy (non-hydrogen) atoms. The first-order valence-corrected chi connectivity index (χ1v) is 8.97. The Kier molecular flexibility index (Phi) is 4.82. The van der Waals surface area contributed by atoms with E-state index in [1.807, 2.05) is 0 Å². The van der Waals surface area contributed by atoms with E-state index >= 15 is 0 Å². The summed E-state index contributed by atoms with van der Waals surface area (Å²) in [5.41, 5.74) is -1.75. The van der Waals surface area contributed by atoms with Crippen LogP contribution in [-0.2, 0) is 19.8 Å². The lowest BCUT2D eigenvalue weighted by Crippen LogP contribution is -2.23. The smallest absolute Gasteiger partial charge is 0.419 e. The van der Waals surface area contributed by atoms with E-state index in [-0.39, 0.29) is 16.8 Å². The number of halogens is 6. The first kappa shape index (κ1) is 20.9. The summed E-state index contributed by atoms with van der Waals surface area (Å²) >= 11 is 0. The van der Waals surface area contributed by atoms with Crippen molar-refractivity contribution >= 4 is 0 Å². The molecule has 1 saturated carbocycles. The summed E-state index contributed by atoms with van der Waals surface area (Å²) in [5.74, 6) is -5.94. The highest BCUT2D eigenvalue weighted by atomic mass is 19.4. The van der Waals surface area contributed by atoms with Crippen LogP contribution in [0.3, 0.4) is 0 Å². The van der Waals surface area contributed by atoms with Gasteiger partial charge >= 0.3 is 11.9 Å². The Balaban J connectivity index is 1.79. The van der Waals surface area contributed by atoms with Gasteiger partial charge in [-0.05, 0) is 34.2 Å². The summed E-state index contributed by atoms with van der Waals surface area (Å²) in [7, 11) is 1.32. The number of rotatable bonds is 5. The number of nitrogens with zero attached hydrogens (tertiary/aromatic N) is 4. The molecule has 2 aromatic carbocycles. The zero-order valence-corrected chi connectivity index (χ0v) is 15.8. The van der Waals surface area contributed by atoms with Gasteiger partial charge < -0.3 is 4.74 Å². The van der Waals surface area contributed by atoms with Crippen LogP contribution < -0.4 is 10.4 Å². The van der Waals surface area contributed by atoms with Crippen molar-refractivity contribution in [1.82, 2.24) is 19.8 Å². The molecule has 1 aliphatic rings. The molecule has 1 heterocycles. The van der Waals surface area contributed by atoms with E-state index in [0.717, 1.165) is 9.36 Å². The second kappa shape index (κ2) is 7.13. The Hall–Kier alpha value is -3.31. The van der Waals surface area contributed by atoms with Crippen molar-refractivity contribution in [3.05, 3.63) is 69.4 Å². The van der Waals surface area contributed by atoms with Gasteiger partial charge in [0.05, 0.1) is 17.2 Å². The highest BCUT2D eigenvalue weighted by Gasteiger charge is 2.58. The molecular weight excluding hydrogens is 430 g/mol. The Labute approximate surface area is 170 Å². The van der Waals surface area contributed by atoms with Crippen LogP contribution in [0.15, 0.2) is 41.2 Å². The first-order chi connectivity index (χ1) is 14.5. The quantitative estimate of drug-likeness (QED) is 0.562. The van der Waals surface area contributed by atoms with Crippen molar-refractivity contribution in [2.45, 2.75) is 31.0 Å². The predicted octanol–water partition coefficient (Wildman–Crippen LogP) is 3.83. The van der Waals surface area contributed by atoms with E-state index in [1.54, 1.807) is 0 Å². The van der Waals surface area contributed by atoms with Gasteiger partial charge in [-0.25, -0.2) is 18.0 Å². The van der Waals surface area contributed by atoms with Gasteiger partial charge in [0.15, 0.2) is 0 Å². The molecule has 0 spiro atoms. The molecule has 4 rings (SSSR count). The molecule has 1 aromatic heterocycles. The topological polar surface area (TPSA) is 61.9 Å². The molecule has 1 fully saturated rings. The standard InChI is InChI=1S/C19H14F6N4O2/c1-28-17(30)29(27-26-28)15-4-2-3-11(14-8-18(14,21)22)12(15)9-31-16-7-10(20)5-6-13(16)19(23,24)25/h2-7,14H,8-9H2,1H3. The van der Waals surface area contributed by atoms with E-state index in [0.29, 0.717) is 18.2 Å².